The molecule has 0 fully saturated rings. The molecule has 0 amide bonds. The minimum atomic E-state index is -3.63. The lowest BCUT2D eigenvalue weighted by molar-refractivity contribution is 0.164. The molecule has 0 spiro atoms. The van der Waals surface area contributed by atoms with Crippen LogP contribution in [0.1, 0.15) is 12.0 Å². The zero-order valence-corrected chi connectivity index (χ0v) is 13.6. The van der Waals surface area contributed by atoms with Crippen molar-refractivity contribution in [2.45, 2.75) is 18.2 Å². The molecule has 1 aromatic rings. The third-order valence-corrected chi connectivity index (χ3v) is 5.06. The highest BCUT2D eigenvalue weighted by Crippen LogP contribution is 2.23. The van der Waals surface area contributed by atoms with Crippen LogP contribution in [0, 0.1) is 6.92 Å². The molecule has 0 aromatic heterocycles. The van der Waals surface area contributed by atoms with Crippen LogP contribution in [0.15, 0.2) is 23.1 Å². The SMILES string of the molecule is COCCCN(CCOC)S(=O)(=O)c1ccc(C)cc1N. The average Bonchev–Trinajstić information content (AvgIpc) is 2.42. The number of hydrogen-bond donors (Lipinski definition) is 1. The number of anilines is 1. The molecule has 0 saturated heterocycles. The number of aryl methyl sites for hydroxylation is 1. The highest BCUT2D eigenvalue weighted by atomic mass is 32.2. The summed E-state index contributed by atoms with van der Waals surface area (Å²) in [6.45, 7) is 3.36. The van der Waals surface area contributed by atoms with Gasteiger partial charge in [0.1, 0.15) is 4.90 Å². The Hall–Kier alpha value is -1.15. The summed E-state index contributed by atoms with van der Waals surface area (Å²) < 4.78 is 36.8. The van der Waals surface area contributed by atoms with Gasteiger partial charge in [-0.1, -0.05) is 6.07 Å². The standard InChI is InChI=1S/C14H24N2O4S/c1-12-5-6-14(13(15)11-12)21(17,18)16(8-10-20-3)7-4-9-19-2/h5-6,11H,4,7-10,15H2,1-3H3. The van der Waals surface area contributed by atoms with Crippen molar-refractivity contribution >= 4 is 15.7 Å². The van der Waals surface area contributed by atoms with Gasteiger partial charge in [0, 0.05) is 33.9 Å². The summed E-state index contributed by atoms with van der Waals surface area (Å²) in [7, 11) is -0.497. The summed E-state index contributed by atoms with van der Waals surface area (Å²) in [6.07, 6.45) is 0.616. The van der Waals surface area contributed by atoms with Gasteiger partial charge in [-0.25, -0.2) is 8.42 Å². The van der Waals surface area contributed by atoms with Crippen molar-refractivity contribution in [1.29, 1.82) is 0 Å². The predicted molar refractivity (Wildman–Crippen MR) is 82.7 cm³/mol. The lowest BCUT2D eigenvalue weighted by Crippen LogP contribution is -2.35. The van der Waals surface area contributed by atoms with E-state index < -0.39 is 10.0 Å². The molecular formula is C14H24N2O4S. The first-order valence-corrected chi connectivity index (χ1v) is 8.21. The molecular weight excluding hydrogens is 292 g/mol. The molecule has 0 unspecified atom stereocenters. The molecule has 1 aromatic carbocycles. The van der Waals surface area contributed by atoms with Crippen molar-refractivity contribution in [2.24, 2.45) is 0 Å². The number of methoxy groups -OCH3 is 2. The van der Waals surface area contributed by atoms with E-state index in [1.807, 2.05) is 6.92 Å². The van der Waals surface area contributed by atoms with Crippen molar-refractivity contribution in [1.82, 2.24) is 4.31 Å². The Balaban J connectivity index is 3.01. The molecule has 0 saturated carbocycles. The van der Waals surface area contributed by atoms with E-state index in [-0.39, 0.29) is 17.1 Å². The van der Waals surface area contributed by atoms with E-state index >= 15 is 0 Å². The van der Waals surface area contributed by atoms with E-state index in [2.05, 4.69) is 0 Å². The van der Waals surface area contributed by atoms with Crippen LogP contribution in [0.4, 0.5) is 5.69 Å². The molecule has 0 radical (unpaired) electrons. The van der Waals surface area contributed by atoms with Gasteiger partial charge in [-0.2, -0.15) is 4.31 Å². The second-order valence-electron chi connectivity index (χ2n) is 4.78. The molecule has 7 heteroatoms. The number of nitrogens with zero attached hydrogens (tertiary/aromatic N) is 1. The Labute approximate surface area is 126 Å². The highest BCUT2D eigenvalue weighted by molar-refractivity contribution is 7.89. The van der Waals surface area contributed by atoms with Gasteiger partial charge in [0.25, 0.3) is 0 Å². The maximum Gasteiger partial charge on any atom is 0.245 e. The fourth-order valence-corrected chi connectivity index (χ4v) is 3.53. The van der Waals surface area contributed by atoms with E-state index in [0.717, 1.165) is 5.56 Å². The predicted octanol–water partition coefficient (Wildman–Crippen LogP) is 1.25. The zero-order valence-electron chi connectivity index (χ0n) is 12.8. The lowest BCUT2D eigenvalue weighted by atomic mass is 10.2. The maximum atomic E-state index is 12.7. The van der Waals surface area contributed by atoms with Crippen molar-refractivity contribution in [3.63, 3.8) is 0 Å². The summed E-state index contributed by atoms with van der Waals surface area (Å²) in [5.41, 5.74) is 7.06. The van der Waals surface area contributed by atoms with E-state index in [9.17, 15) is 8.42 Å². The number of benzene rings is 1. The summed E-state index contributed by atoms with van der Waals surface area (Å²) in [4.78, 5) is 0.140. The topological polar surface area (TPSA) is 81.9 Å². The zero-order chi connectivity index (χ0) is 15.9. The van der Waals surface area contributed by atoms with Gasteiger partial charge in [-0.05, 0) is 31.0 Å². The number of rotatable bonds is 9. The summed E-state index contributed by atoms with van der Waals surface area (Å²) in [5.74, 6) is 0. The second-order valence-corrected chi connectivity index (χ2v) is 6.69. The van der Waals surface area contributed by atoms with Crippen molar-refractivity contribution < 1.29 is 17.9 Å². The molecule has 0 bridgehead atoms. The van der Waals surface area contributed by atoms with Gasteiger partial charge in [0.15, 0.2) is 0 Å². The largest absolute Gasteiger partial charge is 0.398 e. The first-order chi connectivity index (χ1) is 9.93. The quantitative estimate of drug-likeness (QED) is 0.548. The van der Waals surface area contributed by atoms with Crippen LogP contribution in [0.5, 0.6) is 0 Å². The van der Waals surface area contributed by atoms with Crippen LogP contribution < -0.4 is 5.73 Å². The van der Waals surface area contributed by atoms with Gasteiger partial charge in [-0.15, -0.1) is 0 Å². The molecule has 1 rings (SSSR count). The van der Waals surface area contributed by atoms with Crippen LogP contribution >= 0.6 is 0 Å². The number of sulfonamides is 1. The Morgan fingerprint density at radius 3 is 2.38 bits per heavy atom. The van der Waals surface area contributed by atoms with E-state index in [1.54, 1.807) is 32.4 Å². The highest BCUT2D eigenvalue weighted by Gasteiger charge is 2.25. The lowest BCUT2D eigenvalue weighted by Gasteiger charge is -2.22. The van der Waals surface area contributed by atoms with Crippen molar-refractivity contribution in [3.05, 3.63) is 23.8 Å². The normalized spacial score (nSPS) is 12.0. The fourth-order valence-electron chi connectivity index (χ4n) is 1.97. The van der Waals surface area contributed by atoms with Gasteiger partial charge >= 0.3 is 0 Å². The first kappa shape index (κ1) is 17.9. The fraction of sp³-hybridized carbons (Fsp3) is 0.571. The third-order valence-electron chi connectivity index (χ3n) is 3.08. The number of nitrogens with two attached hydrogens (primary N) is 1. The van der Waals surface area contributed by atoms with Crippen LogP contribution in [-0.4, -0.2) is 53.2 Å². The van der Waals surface area contributed by atoms with Crippen LogP contribution in [0.25, 0.3) is 0 Å². The van der Waals surface area contributed by atoms with Gasteiger partial charge in [-0.3, -0.25) is 0 Å². The molecule has 0 aliphatic heterocycles. The van der Waals surface area contributed by atoms with Crippen LogP contribution in [0.3, 0.4) is 0 Å². The smallest absolute Gasteiger partial charge is 0.245 e. The third kappa shape index (κ3) is 4.96. The van der Waals surface area contributed by atoms with Gasteiger partial charge < -0.3 is 15.2 Å². The van der Waals surface area contributed by atoms with Gasteiger partial charge in [0.2, 0.25) is 10.0 Å². The summed E-state index contributed by atoms with van der Waals surface area (Å²) >= 11 is 0. The molecule has 0 aliphatic carbocycles. The second kappa shape index (κ2) is 8.33. The molecule has 0 aliphatic rings. The number of nitrogen functional groups attached to an aromatic ring is 1. The minimum Gasteiger partial charge on any atom is -0.398 e. The minimum absolute atomic E-state index is 0.140. The first-order valence-electron chi connectivity index (χ1n) is 6.77. The van der Waals surface area contributed by atoms with Crippen molar-refractivity contribution in [3.8, 4) is 0 Å². The monoisotopic (exact) mass is 316 g/mol. The number of ether oxygens (including phenoxy) is 2. The number of hydrogen-bond acceptors (Lipinski definition) is 5. The van der Waals surface area contributed by atoms with Gasteiger partial charge in [0.05, 0.1) is 12.3 Å². The van der Waals surface area contributed by atoms with Crippen LogP contribution in [-0.2, 0) is 19.5 Å². The Morgan fingerprint density at radius 1 is 1.14 bits per heavy atom. The molecule has 120 valence electrons. The average molecular weight is 316 g/mol. The molecule has 6 nitrogen and oxygen atoms in total. The van der Waals surface area contributed by atoms with Crippen molar-refractivity contribution in [2.75, 3.05) is 46.3 Å². The summed E-state index contributed by atoms with van der Waals surface area (Å²) in [6, 6.07) is 4.96. The van der Waals surface area contributed by atoms with Crippen LogP contribution in [0.2, 0.25) is 0 Å². The van der Waals surface area contributed by atoms with E-state index in [4.69, 9.17) is 15.2 Å². The molecule has 0 heterocycles. The molecule has 21 heavy (non-hydrogen) atoms. The van der Waals surface area contributed by atoms with E-state index in [1.165, 1.54) is 4.31 Å². The summed E-state index contributed by atoms with van der Waals surface area (Å²) in [5, 5.41) is 0. The molecule has 2 N–H and O–H groups in total. The Morgan fingerprint density at radius 2 is 1.81 bits per heavy atom. The Bertz CT molecular complexity index is 546. The Kier molecular flexibility index (Phi) is 7.10. The maximum absolute atomic E-state index is 12.7. The molecule has 0 atom stereocenters. The van der Waals surface area contributed by atoms with E-state index in [0.29, 0.717) is 26.2 Å².